The highest BCUT2D eigenvalue weighted by molar-refractivity contribution is 6.12. The van der Waals surface area contributed by atoms with E-state index in [1.165, 1.54) is 0 Å². The lowest BCUT2D eigenvalue weighted by atomic mass is 9.91. The summed E-state index contributed by atoms with van der Waals surface area (Å²) >= 11 is 0. The molecule has 0 N–H and O–H groups in total. The summed E-state index contributed by atoms with van der Waals surface area (Å²) in [6.45, 7) is 15.7. The zero-order valence-corrected chi connectivity index (χ0v) is 26.7. The lowest BCUT2D eigenvalue weighted by molar-refractivity contribution is 1.17. The Hall–Kier alpha value is -7.39. The molecule has 0 spiro atoms. The van der Waals surface area contributed by atoms with E-state index in [9.17, 15) is 5.26 Å². The third kappa shape index (κ3) is 4.31. The predicted molar refractivity (Wildman–Crippen MR) is 203 cm³/mol. The number of rotatable bonds is 4. The maximum Gasteiger partial charge on any atom is 0.194 e. The van der Waals surface area contributed by atoms with E-state index < -0.39 is 0 Å². The number of nitriles is 1. The average molecular weight is 636 g/mol. The molecule has 2 heterocycles. The van der Waals surface area contributed by atoms with Crippen molar-refractivity contribution in [1.29, 1.82) is 5.26 Å². The summed E-state index contributed by atoms with van der Waals surface area (Å²) in [5.41, 5.74) is 11.8. The molecule has 0 saturated heterocycles. The van der Waals surface area contributed by atoms with Crippen LogP contribution >= 0.6 is 0 Å². The highest BCUT2D eigenvalue weighted by Gasteiger charge is 2.21. The van der Waals surface area contributed by atoms with E-state index in [1.54, 1.807) is 0 Å². The van der Waals surface area contributed by atoms with Gasteiger partial charge in [-0.3, -0.25) is 0 Å². The first-order valence-corrected chi connectivity index (χ1v) is 16.2. The Kier molecular flexibility index (Phi) is 6.56. The molecule has 0 fully saturated rings. The highest BCUT2D eigenvalue weighted by atomic mass is 15.0. The Morgan fingerprint density at radius 1 is 0.500 bits per heavy atom. The molecule has 0 aliphatic heterocycles. The fraction of sp³-hybridized carbons (Fsp3) is 0. The number of aromatic nitrogens is 2. The van der Waals surface area contributed by atoms with Crippen LogP contribution in [-0.4, -0.2) is 9.13 Å². The van der Waals surface area contributed by atoms with Crippen molar-refractivity contribution in [3.05, 3.63) is 180 Å². The van der Waals surface area contributed by atoms with Crippen LogP contribution in [0.2, 0.25) is 0 Å². The van der Waals surface area contributed by atoms with Gasteiger partial charge >= 0.3 is 0 Å². The van der Waals surface area contributed by atoms with Gasteiger partial charge in [0.2, 0.25) is 0 Å². The molecule has 5 nitrogen and oxygen atoms in total. The standard InChI is InChI=1S/C45H25N5/c1-47-31-21-25-43-38(27-31)35-12-5-8-16-41(35)50(43)44-17-9-13-36(33-10-3-6-14-39(33)48-2)45(44)30-19-22-32(23-20-30)49-40-15-7-4-11-34(40)37-26-29(28-46)18-24-42(37)49/h3-27H. The molecule has 0 radical (unpaired) electrons. The van der Waals surface area contributed by atoms with Crippen LogP contribution in [0.5, 0.6) is 0 Å². The molecule has 9 rings (SSSR count). The minimum Gasteiger partial charge on any atom is -0.309 e. The predicted octanol–water partition coefficient (Wildman–Crippen LogP) is 12.2. The number of fused-ring (bicyclic) bond motifs is 6. The topological polar surface area (TPSA) is 42.4 Å². The molecule has 0 aliphatic carbocycles. The number of hydrogen-bond donors (Lipinski definition) is 0. The second-order valence-corrected chi connectivity index (χ2v) is 12.2. The highest BCUT2D eigenvalue weighted by Crippen LogP contribution is 2.44. The van der Waals surface area contributed by atoms with Crippen LogP contribution in [0.4, 0.5) is 11.4 Å². The molecule has 2 aromatic heterocycles. The molecule has 0 amide bonds. The molecule has 0 saturated carbocycles. The molecule has 230 valence electrons. The summed E-state index contributed by atoms with van der Waals surface area (Å²) in [7, 11) is 0. The van der Waals surface area contributed by atoms with Gasteiger partial charge in [0, 0.05) is 27.4 Å². The Morgan fingerprint density at radius 2 is 1.12 bits per heavy atom. The molecular weight excluding hydrogens is 611 g/mol. The Balaban J connectivity index is 1.32. The van der Waals surface area contributed by atoms with E-state index in [1.807, 2.05) is 84.9 Å². The van der Waals surface area contributed by atoms with Crippen molar-refractivity contribution in [1.82, 2.24) is 9.13 Å². The SMILES string of the molecule is [C-]#[N+]c1ccc2c(c1)c1ccccc1n2-c1cccc(-c2ccccc2[N+]#[C-])c1-c1ccc(-n2c3ccccc3c3cc(C#N)ccc32)cc1. The fourth-order valence-electron chi connectivity index (χ4n) is 7.44. The van der Waals surface area contributed by atoms with Gasteiger partial charge in [0.05, 0.1) is 52.5 Å². The molecule has 50 heavy (non-hydrogen) atoms. The van der Waals surface area contributed by atoms with Crippen LogP contribution in [0.25, 0.3) is 86.9 Å². The van der Waals surface area contributed by atoms with Gasteiger partial charge in [-0.2, -0.15) is 5.26 Å². The number of hydrogen-bond acceptors (Lipinski definition) is 1. The number of para-hydroxylation sites is 3. The molecule has 5 heteroatoms. The molecule has 0 bridgehead atoms. The van der Waals surface area contributed by atoms with Crippen LogP contribution in [0.15, 0.2) is 152 Å². The van der Waals surface area contributed by atoms with E-state index in [-0.39, 0.29) is 0 Å². The number of benzene rings is 7. The third-order valence-electron chi connectivity index (χ3n) is 9.60. The van der Waals surface area contributed by atoms with Gasteiger partial charge in [0.1, 0.15) is 0 Å². The van der Waals surface area contributed by atoms with E-state index >= 15 is 0 Å². The Morgan fingerprint density at radius 3 is 1.86 bits per heavy atom. The first-order valence-electron chi connectivity index (χ1n) is 16.2. The fourth-order valence-corrected chi connectivity index (χ4v) is 7.44. The van der Waals surface area contributed by atoms with Gasteiger partial charge in [-0.15, -0.1) is 0 Å². The lowest BCUT2D eigenvalue weighted by Crippen LogP contribution is -2.00. The second kappa shape index (κ2) is 11.4. The van der Waals surface area contributed by atoms with Crippen LogP contribution < -0.4 is 0 Å². The summed E-state index contributed by atoms with van der Waals surface area (Å²) in [6.07, 6.45) is 0. The van der Waals surface area contributed by atoms with Crippen LogP contribution in [-0.2, 0) is 0 Å². The van der Waals surface area contributed by atoms with Gasteiger partial charge in [-0.1, -0.05) is 91.0 Å². The van der Waals surface area contributed by atoms with Gasteiger partial charge in [0.15, 0.2) is 11.4 Å². The lowest BCUT2D eigenvalue weighted by Gasteiger charge is -2.19. The zero-order chi connectivity index (χ0) is 33.8. The third-order valence-corrected chi connectivity index (χ3v) is 9.60. The van der Waals surface area contributed by atoms with Crippen LogP contribution in [0, 0.1) is 24.5 Å². The molecule has 9 aromatic rings. The van der Waals surface area contributed by atoms with Crippen molar-refractivity contribution in [2.45, 2.75) is 0 Å². The van der Waals surface area contributed by atoms with Crippen LogP contribution in [0.1, 0.15) is 5.56 Å². The molecule has 7 aromatic carbocycles. The van der Waals surface area contributed by atoms with Crippen molar-refractivity contribution in [2.24, 2.45) is 0 Å². The van der Waals surface area contributed by atoms with Crippen molar-refractivity contribution >= 4 is 55.0 Å². The maximum atomic E-state index is 9.61. The molecule has 0 atom stereocenters. The van der Waals surface area contributed by atoms with Crippen molar-refractivity contribution < 1.29 is 0 Å². The smallest absolute Gasteiger partial charge is 0.194 e. The summed E-state index contributed by atoms with van der Waals surface area (Å²) in [5, 5.41) is 13.9. The van der Waals surface area contributed by atoms with Crippen LogP contribution in [0.3, 0.4) is 0 Å². The Bertz CT molecular complexity index is 2960. The zero-order valence-electron chi connectivity index (χ0n) is 26.7. The molecule has 0 aliphatic rings. The second-order valence-electron chi connectivity index (χ2n) is 12.2. The van der Waals surface area contributed by atoms with E-state index in [4.69, 9.17) is 13.1 Å². The van der Waals surface area contributed by atoms with E-state index in [0.29, 0.717) is 16.9 Å². The van der Waals surface area contributed by atoms with E-state index in [0.717, 1.165) is 77.2 Å². The van der Waals surface area contributed by atoms with Gasteiger partial charge in [-0.05, 0) is 82.7 Å². The monoisotopic (exact) mass is 635 g/mol. The van der Waals surface area contributed by atoms with Crippen molar-refractivity contribution in [2.75, 3.05) is 0 Å². The first-order chi connectivity index (χ1) is 24.7. The summed E-state index contributed by atoms with van der Waals surface area (Å²) in [6, 6.07) is 53.3. The summed E-state index contributed by atoms with van der Waals surface area (Å²) in [4.78, 5) is 7.62. The van der Waals surface area contributed by atoms with Gasteiger partial charge < -0.3 is 9.13 Å². The van der Waals surface area contributed by atoms with Gasteiger partial charge in [-0.25, -0.2) is 9.69 Å². The Labute approximate surface area is 288 Å². The molecule has 0 unspecified atom stereocenters. The molecular formula is C45H25N5. The van der Waals surface area contributed by atoms with E-state index in [2.05, 4.69) is 91.6 Å². The quantitative estimate of drug-likeness (QED) is 0.177. The van der Waals surface area contributed by atoms with Gasteiger partial charge in [0.25, 0.3) is 0 Å². The first kappa shape index (κ1) is 28.8. The minimum atomic E-state index is 0.591. The summed E-state index contributed by atoms with van der Waals surface area (Å²) < 4.78 is 4.53. The average Bonchev–Trinajstić information content (AvgIpc) is 3.69. The minimum absolute atomic E-state index is 0.591. The van der Waals surface area contributed by atoms with Crippen molar-refractivity contribution in [3.63, 3.8) is 0 Å². The largest absolute Gasteiger partial charge is 0.309 e. The normalized spacial score (nSPS) is 11.1. The van der Waals surface area contributed by atoms with Crippen molar-refractivity contribution in [3.8, 4) is 39.7 Å². The number of nitrogens with zero attached hydrogens (tertiary/aromatic N) is 5. The summed E-state index contributed by atoms with van der Waals surface area (Å²) in [5.74, 6) is 0. The maximum absolute atomic E-state index is 9.61.